The van der Waals surface area contributed by atoms with Crippen LogP contribution in [-0.4, -0.2) is 29.8 Å². The van der Waals surface area contributed by atoms with Gasteiger partial charge in [-0.2, -0.15) is 0 Å². The number of carbonyl (C=O) groups excluding carboxylic acids is 1. The molecule has 0 bridgehead atoms. The van der Waals surface area contributed by atoms with Gasteiger partial charge in [-0.1, -0.05) is 38.3 Å². The van der Waals surface area contributed by atoms with Crippen molar-refractivity contribution in [3.05, 3.63) is 12.2 Å². The van der Waals surface area contributed by atoms with Gasteiger partial charge in [-0.15, -0.1) is 0 Å². The van der Waals surface area contributed by atoms with E-state index in [1.165, 1.54) is 12.8 Å². The lowest BCUT2D eigenvalue weighted by molar-refractivity contribution is 0.228. The number of aliphatic hydroxyl groups is 1. The van der Waals surface area contributed by atoms with Gasteiger partial charge >= 0.3 is 6.03 Å². The maximum atomic E-state index is 11.7. The molecule has 1 unspecified atom stereocenters. The summed E-state index contributed by atoms with van der Waals surface area (Å²) in [7, 11) is 0. The maximum absolute atomic E-state index is 11.7. The average Bonchev–Trinajstić information content (AvgIpc) is 2.76. The van der Waals surface area contributed by atoms with Crippen LogP contribution in [0.2, 0.25) is 0 Å². The molecule has 1 aliphatic rings. The molecule has 0 heterocycles. The van der Waals surface area contributed by atoms with E-state index in [-0.39, 0.29) is 30.6 Å². The summed E-state index contributed by atoms with van der Waals surface area (Å²) < 4.78 is 0. The lowest BCUT2D eigenvalue weighted by Crippen LogP contribution is -2.44. The van der Waals surface area contributed by atoms with Crippen LogP contribution in [-0.2, 0) is 0 Å². The zero-order chi connectivity index (χ0) is 13.4. The minimum atomic E-state index is -0.104. The molecule has 0 aromatic heterocycles. The maximum Gasteiger partial charge on any atom is 0.315 e. The number of unbranched alkanes of at least 4 members (excludes halogenated alkanes) is 2. The summed E-state index contributed by atoms with van der Waals surface area (Å²) in [5.41, 5.74) is 0. The van der Waals surface area contributed by atoms with Gasteiger partial charge < -0.3 is 15.7 Å². The SMILES string of the molecule is CCCCCC(C)NC(=O)N[C@@H]1C=C[C@H](CO)C1. The molecular formula is C14H26N2O2. The topological polar surface area (TPSA) is 61.4 Å². The number of nitrogens with one attached hydrogen (secondary N) is 2. The van der Waals surface area contributed by atoms with E-state index in [9.17, 15) is 4.79 Å². The third kappa shape index (κ3) is 5.54. The molecule has 1 aliphatic carbocycles. The Balaban J connectivity index is 2.15. The van der Waals surface area contributed by atoms with E-state index in [1.54, 1.807) is 0 Å². The van der Waals surface area contributed by atoms with Crippen molar-refractivity contribution in [3.63, 3.8) is 0 Å². The predicted molar refractivity (Wildman–Crippen MR) is 73.4 cm³/mol. The van der Waals surface area contributed by atoms with Crippen LogP contribution in [0.25, 0.3) is 0 Å². The van der Waals surface area contributed by atoms with Crippen molar-refractivity contribution in [2.45, 2.75) is 58.0 Å². The van der Waals surface area contributed by atoms with Gasteiger partial charge in [0.2, 0.25) is 0 Å². The Bertz CT molecular complexity index is 279. The molecule has 0 aromatic rings. The average molecular weight is 254 g/mol. The molecule has 3 N–H and O–H groups in total. The fourth-order valence-corrected chi connectivity index (χ4v) is 2.22. The number of rotatable bonds is 7. The second kappa shape index (κ2) is 8.14. The Kier molecular flexibility index (Phi) is 6.80. The molecule has 4 nitrogen and oxygen atoms in total. The Morgan fingerprint density at radius 1 is 1.44 bits per heavy atom. The van der Waals surface area contributed by atoms with Gasteiger partial charge in [0.05, 0.1) is 0 Å². The summed E-state index contributed by atoms with van der Waals surface area (Å²) in [6.45, 7) is 4.37. The third-order valence-corrected chi connectivity index (χ3v) is 3.34. The second-order valence-electron chi connectivity index (χ2n) is 5.18. The number of aliphatic hydroxyl groups excluding tert-OH is 1. The van der Waals surface area contributed by atoms with Crippen LogP contribution in [0.3, 0.4) is 0 Å². The molecular weight excluding hydrogens is 228 g/mol. The lowest BCUT2D eigenvalue weighted by atomic mass is 10.1. The first kappa shape index (κ1) is 15.0. The Morgan fingerprint density at radius 2 is 2.22 bits per heavy atom. The van der Waals surface area contributed by atoms with E-state index in [2.05, 4.69) is 17.6 Å². The first-order valence-corrected chi connectivity index (χ1v) is 7.02. The summed E-state index contributed by atoms with van der Waals surface area (Å²) in [6, 6.07) is 0.174. The zero-order valence-electron chi connectivity index (χ0n) is 11.5. The third-order valence-electron chi connectivity index (χ3n) is 3.34. The van der Waals surface area contributed by atoms with Gasteiger partial charge in [0.15, 0.2) is 0 Å². The lowest BCUT2D eigenvalue weighted by Gasteiger charge is -2.17. The van der Waals surface area contributed by atoms with Gasteiger partial charge in [-0.25, -0.2) is 4.79 Å². The van der Waals surface area contributed by atoms with E-state index >= 15 is 0 Å². The molecule has 0 aromatic carbocycles. The van der Waals surface area contributed by atoms with E-state index in [0.29, 0.717) is 0 Å². The van der Waals surface area contributed by atoms with Crippen LogP contribution in [0.5, 0.6) is 0 Å². The molecule has 0 saturated heterocycles. The van der Waals surface area contributed by atoms with E-state index in [1.807, 2.05) is 19.1 Å². The zero-order valence-corrected chi connectivity index (χ0v) is 11.5. The minimum Gasteiger partial charge on any atom is -0.396 e. The first-order valence-electron chi connectivity index (χ1n) is 7.02. The molecule has 0 radical (unpaired) electrons. The first-order chi connectivity index (χ1) is 8.65. The molecule has 18 heavy (non-hydrogen) atoms. The van der Waals surface area contributed by atoms with E-state index in [0.717, 1.165) is 19.3 Å². The highest BCUT2D eigenvalue weighted by Gasteiger charge is 2.19. The van der Waals surface area contributed by atoms with Gasteiger partial charge in [0, 0.05) is 24.6 Å². The van der Waals surface area contributed by atoms with Crippen molar-refractivity contribution in [1.29, 1.82) is 0 Å². The van der Waals surface area contributed by atoms with Gasteiger partial charge in [0.1, 0.15) is 0 Å². The molecule has 3 atom stereocenters. The molecule has 0 saturated carbocycles. The number of carbonyl (C=O) groups is 1. The van der Waals surface area contributed by atoms with Crippen LogP contribution in [0.1, 0.15) is 46.0 Å². The molecule has 0 spiro atoms. The van der Waals surface area contributed by atoms with Crippen molar-refractivity contribution < 1.29 is 9.90 Å². The normalized spacial score (nSPS) is 23.9. The standard InChI is InChI=1S/C14H26N2O2/c1-3-4-5-6-11(2)15-14(18)16-13-8-7-12(9-13)10-17/h7-8,11-13,17H,3-6,9-10H2,1-2H3,(H2,15,16,18)/t11?,12-,13+/m0/s1. The van der Waals surface area contributed by atoms with Crippen molar-refractivity contribution in [2.75, 3.05) is 6.61 Å². The predicted octanol–water partition coefficient (Wildman–Crippen LogP) is 2.19. The van der Waals surface area contributed by atoms with Crippen molar-refractivity contribution in [2.24, 2.45) is 5.92 Å². The summed E-state index contributed by atoms with van der Waals surface area (Å²) in [5, 5.41) is 14.9. The fraction of sp³-hybridized carbons (Fsp3) is 0.786. The number of hydrogen-bond acceptors (Lipinski definition) is 2. The fourth-order valence-electron chi connectivity index (χ4n) is 2.22. The van der Waals surface area contributed by atoms with Crippen LogP contribution < -0.4 is 10.6 Å². The Morgan fingerprint density at radius 3 is 2.83 bits per heavy atom. The molecule has 4 heteroatoms. The summed E-state index contributed by atoms with van der Waals surface area (Å²) in [4.78, 5) is 11.7. The highest BCUT2D eigenvalue weighted by molar-refractivity contribution is 5.74. The van der Waals surface area contributed by atoms with Gasteiger partial charge in [0.25, 0.3) is 0 Å². The van der Waals surface area contributed by atoms with Crippen molar-refractivity contribution >= 4 is 6.03 Å². The minimum absolute atomic E-state index is 0.0602. The summed E-state index contributed by atoms with van der Waals surface area (Å²) >= 11 is 0. The number of urea groups is 1. The highest BCUT2D eigenvalue weighted by Crippen LogP contribution is 2.16. The van der Waals surface area contributed by atoms with Crippen LogP contribution >= 0.6 is 0 Å². The molecule has 1 rings (SSSR count). The summed E-state index contributed by atoms with van der Waals surface area (Å²) in [6.07, 6.45) is 9.34. The molecule has 104 valence electrons. The molecule has 0 fully saturated rings. The van der Waals surface area contributed by atoms with Crippen LogP contribution in [0, 0.1) is 5.92 Å². The Labute approximate surface area is 110 Å². The summed E-state index contributed by atoms with van der Waals surface area (Å²) in [5.74, 6) is 0.192. The van der Waals surface area contributed by atoms with Crippen molar-refractivity contribution in [1.82, 2.24) is 10.6 Å². The number of amides is 2. The van der Waals surface area contributed by atoms with E-state index < -0.39 is 0 Å². The molecule has 0 aliphatic heterocycles. The number of hydrogen-bond donors (Lipinski definition) is 3. The molecule has 2 amide bonds. The quantitative estimate of drug-likeness (QED) is 0.482. The van der Waals surface area contributed by atoms with Gasteiger partial charge in [-0.3, -0.25) is 0 Å². The highest BCUT2D eigenvalue weighted by atomic mass is 16.3. The smallest absolute Gasteiger partial charge is 0.315 e. The second-order valence-corrected chi connectivity index (χ2v) is 5.18. The largest absolute Gasteiger partial charge is 0.396 e. The van der Waals surface area contributed by atoms with Gasteiger partial charge in [-0.05, 0) is 19.8 Å². The van der Waals surface area contributed by atoms with Crippen LogP contribution in [0.4, 0.5) is 4.79 Å². The monoisotopic (exact) mass is 254 g/mol. The van der Waals surface area contributed by atoms with Crippen LogP contribution in [0.15, 0.2) is 12.2 Å². The Hall–Kier alpha value is -1.03. The van der Waals surface area contributed by atoms with E-state index in [4.69, 9.17) is 5.11 Å². The van der Waals surface area contributed by atoms with Crippen molar-refractivity contribution in [3.8, 4) is 0 Å².